The number of anilines is 3. The number of aryl methyl sites for hydroxylation is 2. The van der Waals surface area contributed by atoms with Crippen LogP contribution in [0.4, 0.5) is 17.1 Å². The highest BCUT2D eigenvalue weighted by molar-refractivity contribution is 7.92. The molecule has 0 aromatic heterocycles. The molecule has 140 valence electrons. The van der Waals surface area contributed by atoms with Gasteiger partial charge in [0.15, 0.2) is 0 Å². The van der Waals surface area contributed by atoms with E-state index >= 15 is 0 Å². The zero-order valence-corrected chi connectivity index (χ0v) is 16.3. The van der Waals surface area contributed by atoms with Crippen molar-refractivity contribution in [3.8, 4) is 0 Å². The second-order valence-corrected chi connectivity index (χ2v) is 8.06. The summed E-state index contributed by atoms with van der Waals surface area (Å²) < 4.78 is 25.4. The molecule has 7 heteroatoms. The standard InChI is InChI=1S/C19H25N3O3S/c1-5-15-7-10-16(11-8-15)21-19(23)14(3)20-17-9-6-13(2)18(12-17)22-26(4,24)25/h6-12,14,20,22H,5H2,1-4H3,(H,21,23)/t14-/m0/s1. The van der Waals surface area contributed by atoms with Gasteiger partial charge in [-0.2, -0.15) is 0 Å². The van der Waals surface area contributed by atoms with Crippen molar-refractivity contribution in [2.24, 2.45) is 0 Å². The number of sulfonamides is 1. The van der Waals surface area contributed by atoms with E-state index in [1.807, 2.05) is 37.3 Å². The van der Waals surface area contributed by atoms with E-state index in [9.17, 15) is 13.2 Å². The molecule has 2 rings (SSSR count). The van der Waals surface area contributed by atoms with Crippen LogP contribution in [0.1, 0.15) is 25.0 Å². The number of carbonyl (C=O) groups excluding carboxylic acids is 1. The first-order valence-corrected chi connectivity index (χ1v) is 10.3. The molecule has 6 nitrogen and oxygen atoms in total. The van der Waals surface area contributed by atoms with Gasteiger partial charge in [0.25, 0.3) is 0 Å². The van der Waals surface area contributed by atoms with Crippen molar-refractivity contribution in [2.75, 3.05) is 21.6 Å². The van der Waals surface area contributed by atoms with Crippen LogP contribution in [0, 0.1) is 6.92 Å². The normalized spacial score (nSPS) is 12.3. The molecule has 3 N–H and O–H groups in total. The van der Waals surface area contributed by atoms with Crippen molar-refractivity contribution in [2.45, 2.75) is 33.2 Å². The van der Waals surface area contributed by atoms with Gasteiger partial charge in [0.2, 0.25) is 15.9 Å². The highest BCUT2D eigenvalue weighted by Crippen LogP contribution is 2.22. The average Bonchev–Trinajstić information content (AvgIpc) is 2.57. The molecule has 0 heterocycles. The SMILES string of the molecule is CCc1ccc(NC(=O)[C@H](C)Nc2ccc(C)c(NS(C)(=O)=O)c2)cc1. The Morgan fingerprint density at radius 1 is 1.08 bits per heavy atom. The summed E-state index contributed by atoms with van der Waals surface area (Å²) in [6.07, 6.45) is 2.05. The summed E-state index contributed by atoms with van der Waals surface area (Å²) in [5.41, 5.74) is 3.89. The molecule has 0 unspecified atom stereocenters. The van der Waals surface area contributed by atoms with Gasteiger partial charge in [0.05, 0.1) is 11.9 Å². The largest absolute Gasteiger partial charge is 0.374 e. The van der Waals surface area contributed by atoms with E-state index in [-0.39, 0.29) is 5.91 Å². The maximum Gasteiger partial charge on any atom is 0.246 e. The third kappa shape index (κ3) is 5.77. The van der Waals surface area contributed by atoms with Gasteiger partial charge in [-0.25, -0.2) is 8.42 Å². The minimum Gasteiger partial charge on any atom is -0.374 e. The summed E-state index contributed by atoms with van der Waals surface area (Å²) in [5.74, 6) is -0.174. The Morgan fingerprint density at radius 3 is 2.27 bits per heavy atom. The minimum atomic E-state index is -3.36. The van der Waals surface area contributed by atoms with Crippen molar-refractivity contribution < 1.29 is 13.2 Å². The highest BCUT2D eigenvalue weighted by Gasteiger charge is 2.14. The molecule has 0 saturated heterocycles. The summed E-state index contributed by atoms with van der Waals surface area (Å²) in [4.78, 5) is 12.4. The van der Waals surface area contributed by atoms with Gasteiger partial charge in [-0.05, 0) is 55.7 Å². The number of benzene rings is 2. The van der Waals surface area contributed by atoms with Crippen LogP contribution in [0.5, 0.6) is 0 Å². The molecule has 26 heavy (non-hydrogen) atoms. The Balaban J connectivity index is 2.04. The van der Waals surface area contributed by atoms with Crippen LogP contribution in [0.2, 0.25) is 0 Å². The molecule has 2 aromatic rings. The van der Waals surface area contributed by atoms with Crippen LogP contribution in [0.3, 0.4) is 0 Å². The molecule has 0 bridgehead atoms. The maximum atomic E-state index is 12.4. The number of carbonyl (C=O) groups is 1. The van der Waals surface area contributed by atoms with E-state index < -0.39 is 16.1 Å². The third-order valence-corrected chi connectivity index (χ3v) is 4.53. The third-order valence-electron chi connectivity index (χ3n) is 3.94. The molecular weight excluding hydrogens is 350 g/mol. The topological polar surface area (TPSA) is 87.3 Å². The van der Waals surface area contributed by atoms with E-state index in [0.717, 1.165) is 23.9 Å². The first kappa shape index (κ1) is 19.8. The van der Waals surface area contributed by atoms with Gasteiger partial charge < -0.3 is 10.6 Å². The molecular formula is C19H25N3O3S. The van der Waals surface area contributed by atoms with Gasteiger partial charge in [-0.3, -0.25) is 9.52 Å². The monoisotopic (exact) mass is 375 g/mol. The second kappa shape index (κ2) is 8.23. The number of hydrogen-bond acceptors (Lipinski definition) is 4. The first-order valence-electron chi connectivity index (χ1n) is 8.42. The molecule has 2 aromatic carbocycles. The van der Waals surface area contributed by atoms with Gasteiger partial charge in [-0.1, -0.05) is 25.1 Å². The molecule has 1 atom stereocenters. The minimum absolute atomic E-state index is 0.174. The van der Waals surface area contributed by atoms with Gasteiger partial charge >= 0.3 is 0 Å². The van der Waals surface area contributed by atoms with Crippen LogP contribution < -0.4 is 15.4 Å². The Hall–Kier alpha value is -2.54. The predicted octanol–water partition coefficient (Wildman–Crippen LogP) is 3.37. The zero-order valence-electron chi connectivity index (χ0n) is 15.5. The number of rotatable bonds is 7. The molecule has 0 aliphatic rings. The molecule has 1 amide bonds. The highest BCUT2D eigenvalue weighted by atomic mass is 32.2. The lowest BCUT2D eigenvalue weighted by atomic mass is 10.1. The fraction of sp³-hybridized carbons (Fsp3) is 0.316. The fourth-order valence-corrected chi connectivity index (χ4v) is 3.03. The van der Waals surface area contributed by atoms with Crippen LogP contribution >= 0.6 is 0 Å². The van der Waals surface area contributed by atoms with Gasteiger partial charge in [0, 0.05) is 11.4 Å². The zero-order chi connectivity index (χ0) is 19.3. The molecule has 0 radical (unpaired) electrons. The van der Waals surface area contributed by atoms with Crippen LogP contribution in [0.25, 0.3) is 0 Å². The Labute approximate surface area is 155 Å². The smallest absolute Gasteiger partial charge is 0.246 e. The lowest BCUT2D eigenvalue weighted by Gasteiger charge is -2.17. The molecule has 0 fully saturated rings. The van der Waals surface area contributed by atoms with E-state index in [0.29, 0.717) is 11.4 Å². The van der Waals surface area contributed by atoms with E-state index in [4.69, 9.17) is 0 Å². The molecule has 0 spiro atoms. The number of nitrogens with one attached hydrogen (secondary N) is 3. The maximum absolute atomic E-state index is 12.4. The van der Waals surface area contributed by atoms with Crippen molar-refractivity contribution >= 4 is 33.0 Å². The van der Waals surface area contributed by atoms with Gasteiger partial charge in [-0.15, -0.1) is 0 Å². The predicted molar refractivity (Wildman–Crippen MR) is 107 cm³/mol. The molecule has 0 saturated carbocycles. The Morgan fingerprint density at radius 2 is 1.69 bits per heavy atom. The summed E-state index contributed by atoms with van der Waals surface area (Å²) in [6, 6.07) is 12.5. The van der Waals surface area contributed by atoms with Crippen molar-refractivity contribution in [3.63, 3.8) is 0 Å². The summed E-state index contributed by atoms with van der Waals surface area (Å²) in [6.45, 7) is 5.64. The van der Waals surface area contributed by atoms with Crippen molar-refractivity contribution in [1.82, 2.24) is 0 Å². The quantitative estimate of drug-likeness (QED) is 0.692. The lowest BCUT2D eigenvalue weighted by molar-refractivity contribution is -0.116. The van der Waals surface area contributed by atoms with E-state index in [1.54, 1.807) is 19.1 Å². The van der Waals surface area contributed by atoms with E-state index in [1.165, 1.54) is 5.56 Å². The second-order valence-electron chi connectivity index (χ2n) is 6.31. The molecule has 0 aliphatic heterocycles. The van der Waals surface area contributed by atoms with Crippen LogP contribution in [-0.2, 0) is 21.2 Å². The van der Waals surface area contributed by atoms with E-state index in [2.05, 4.69) is 22.3 Å². The summed E-state index contributed by atoms with van der Waals surface area (Å²) >= 11 is 0. The Bertz CT molecular complexity index is 877. The average molecular weight is 375 g/mol. The van der Waals surface area contributed by atoms with Crippen molar-refractivity contribution in [3.05, 3.63) is 53.6 Å². The lowest BCUT2D eigenvalue weighted by Crippen LogP contribution is -2.31. The van der Waals surface area contributed by atoms with Crippen LogP contribution in [-0.4, -0.2) is 26.6 Å². The molecule has 0 aliphatic carbocycles. The summed E-state index contributed by atoms with van der Waals surface area (Å²) in [7, 11) is -3.36. The van der Waals surface area contributed by atoms with Crippen molar-refractivity contribution in [1.29, 1.82) is 0 Å². The number of hydrogen-bond donors (Lipinski definition) is 3. The van der Waals surface area contributed by atoms with Crippen LogP contribution in [0.15, 0.2) is 42.5 Å². The fourth-order valence-electron chi connectivity index (χ4n) is 2.41. The van der Waals surface area contributed by atoms with Gasteiger partial charge in [0.1, 0.15) is 6.04 Å². The Kier molecular flexibility index (Phi) is 6.26. The summed E-state index contributed by atoms with van der Waals surface area (Å²) in [5, 5.41) is 5.96. The first-order chi connectivity index (χ1) is 12.2. The number of amides is 1.